The second kappa shape index (κ2) is 21.8. The summed E-state index contributed by atoms with van der Waals surface area (Å²) in [5.41, 5.74) is -40.9. The van der Waals surface area contributed by atoms with E-state index in [1.165, 1.54) is 19.1 Å². The fourth-order valence-corrected chi connectivity index (χ4v) is 6.74. The summed E-state index contributed by atoms with van der Waals surface area (Å²) in [5.74, 6) is 0. The molecule has 0 bridgehead atoms. The Bertz CT molecular complexity index is 1740. The summed E-state index contributed by atoms with van der Waals surface area (Å²) >= 11 is 0. The zero-order valence-electron chi connectivity index (χ0n) is 39.0. The molecule has 12 nitrogen and oxygen atoms in total. The van der Waals surface area contributed by atoms with Crippen molar-refractivity contribution in [3.8, 4) is 0 Å². The number of nitrogens with one attached hydrogen (secondary N) is 2. The molecule has 0 aliphatic carbocycles. The summed E-state index contributed by atoms with van der Waals surface area (Å²) in [7, 11) is -0.641. The number of ether oxygens (including phenoxy) is 6. The number of carbonyl (C=O) groups excluding carboxylic acids is 2. The predicted molar refractivity (Wildman–Crippen MR) is 202 cm³/mol. The SMILES string of the molecule is COCC(COC(C)(C)CC(CNC(=O)OCC(F)(C(F)(F)F)C(C)(C)OC(F)(F)C(F)(C(C)(C)F)C(F)(F)F)NC(=O)OCC(F)(C(F)(F)F)C(C)(N)OC(F)(F)C(F)(C(C)(C)F)C(F)(F)F)P(C)O. The van der Waals surface area contributed by atoms with Crippen molar-refractivity contribution in [2.45, 2.75) is 168 Å². The highest BCUT2D eigenvalue weighted by atomic mass is 31.1. The van der Waals surface area contributed by atoms with Crippen molar-refractivity contribution in [3.05, 3.63) is 0 Å². The molecule has 0 aromatic carbocycles. The van der Waals surface area contributed by atoms with E-state index in [-0.39, 0.29) is 20.5 Å². The number of methoxy groups -OCH3 is 1. The van der Waals surface area contributed by atoms with Crippen LogP contribution in [0.25, 0.3) is 0 Å². The molecule has 5 N–H and O–H groups in total. The largest absolute Gasteiger partial charge is 0.446 e. The van der Waals surface area contributed by atoms with Crippen LogP contribution in [0.4, 0.5) is 106 Å². The molecule has 0 rings (SSSR count). The van der Waals surface area contributed by atoms with E-state index in [1.807, 2.05) is 0 Å². The molecule has 0 aromatic rings. The van der Waals surface area contributed by atoms with Gasteiger partial charge in [-0.1, -0.05) is 0 Å². The van der Waals surface area contributed by atoms with Gasteiger partial charge in [-0.2, -0.15) is 70.2 Å². The Balaban J connectivity index is 6.97. The monoisotopic (exact) mass is 1120 g/mol. The number of nitrogens with two attached hydrogens (primary N) is 1. The average molecular weight is 1120 g/mol. The molecule has 0 fully saturated rings. The van der Waals surface area contributed by atoms with Gasteiger partial charge < -0.3 is 44.9 Å². The summed E-state index contributed by atoms with van der Waals surface area (Å²) in [5, 5.41) is 3.14. The lowest BCUT2D eigenvalue weighted by atomic mass is 9.84. The predicted octanol–water partition coefficient (Wildman–Crippen LogP) is 10.3. The third-order valence-electron chi connectivity index (χ3n) is 10.5. The zero-order valence-corrected chi connectivity index (χ0v) is 39.8. The quantitative estimate of drug-likeness (QED) is 0.0394. The number of hydrogen-bond donors (Lipinski definition) is 4. The molecule has 0 heterocycles. The van der Waals surface area contributed by atoms with Crippen LogP contribution in [0.3, 0.4) is 0 Å². The zero-order chi connectivity index (χ0) is 57.3. The van der Waals surface area contributed by atoms with E-state index in [0.29, 0.717) is 0 Å². The van der Waals surface area contributed by atoms with Crippen LogP contribution in [0.1, 0.15) is 68.7 Å². The van der Waals surface area contributed by atoms with Crippen molar-refractivity contribution in [1.29, 1.82) is 0 Å². The van der Waals surface area contributed by atoms with Gasteiger partial charge in [-0.3, -0.25) is 4.74 Å². The highest BCUT2D eigenvalue weighted by molar-refractivity contribution is 7.51. The van der Waals surface area contributed by atoms with Gasteiger partial charge in [0.1, 0.15) is 18.8 Å². The number of rotatable bonds is 25. The van der Waals surface area contributed by atoms with Crippen LogP contribution < -0.4 is 16.4 Å². The summed E-state index contributed by atoms with van der Waals surface area (Å²) in [6.45, 7) is -7.10. The van der Waals surface area contributed by atoms with E-state index in [2.05, 4.69) is 18.9 Å². The van der Waals surface area contributed by atoms with Crippen LogP contribution >= 0.6 is 8.15 Å². The molecule has 0 saturated heterocycles. The Kier molecular flexibility index (Phi) is 20.9. The van der Waals surface area contributed by atoms with E-state index in [4.69, 9.17) is 15.2 Å². The van der Waals surface area contributed by atoms with Crippen LogP contribution in [-0.4, -0.2) is 163 Å². The molecular formula is C36H52F22N3O9P. The van der Waals surface area contributed by atoms with Crippen molar-refractivity contribution in [1.82, 2.24) is 10.6 Å². The highest BCUT2D eigenvalue weighted by Gasteiger charge is 2.84. The lowest BCUT2D eigenvalue weighted by Gasteiger charge is -2.46. The van der Waals surface area contributed by atoms with E-state index in [9.17, 15) is 102 Å². The van der Waals surface area contributed by atoms with E-state index >= 15 is 8.78 Å². The van der Waals surface area contributed by atoms with Gasteiger partial charge in [0, 0.05) is 27.5 Å². The molecule has 8 atom stereocenters. The molecule has 35 heteroatoms. The number of halogens is 22. The first-order valence-corrected chi connectivity index (χ1v) is 21.4. The molecule has 0 aromatic heterocycles. The van der Waals surface area contributed by atoms with Crippen molar-refractivity contribution in [2.75, 3.05) is 46.7 Å². The second-order valence-electron chi connectivity index (χ2n) is 18.0. The van der Waals surface area contributed by atoms with Crippen LogP contribution in [0, 0.1) is 0 Å². The molecule has 0 aliphatic heterocycles. The number of alkyl halides is 22. The maximum Gasteiger partial charge on any atom is 0.434 e. The Morgan fingerprint density at radius 1 is 0.577 bits per heavy atom. The smallest absolute Gasteiger partial charge is 0.434 e. The molecule has 0 spiro atoms. The number of alkyl carbamates (subject to hydrolysis) is 2. The normalized spacial score (nSPS) is 20.0. The van der Waals surface area contributed by atoms with Crippen LogP contribution in [0.5, 0.6) is 0 Å². The first kappa shape index (κ1) is 68.2. The van der Waals surface area contributed by atoms with Gasteiger partial charge in [-0.15, -0.1) is 0 Å². The second-order valence-corrected chi connectivity index (χ2v) is 19.9. The first-order chi connectivity index (χ1) is 30.9. The Hall–Kier alpha value is -2.81. The lowest BCUT2D eigenvalue weighted by molar-refractivity contribution is -0.445. The molecule has 0 radical (unpaired) electrons. The molecule has 0 aliphatic rings. The number of amides is 2. The molecule has 0 saturated carbocycles. The lowest BCUT2D eigenvalue weighted by Crippen LogP contribution is -2.74. The van der Waals surface area contributed by atoms with Gasteiger partial charge in [0.15, 0.2) is 17.1 Å². The average Bonchev–Trinajstić information content (AvgIpc) is 3.11. The van der Waals surface area contributed by atoms with Crippen molar-refractivity contribution >= 4 is 20.3 Å². The van der Waals surface area contributed by atoms with Crippen LogP contribution in [0.2, 0.25) is 0 Å². The summed E-state index contributed by atoms with van der Waals surface area (Å²) in [6.07, 6.45) is -46.2. The molecule has 2 amide bonds. The Morgan fingerprint density at radius 2 is 0.958 bits per heavy atom. The Morgan fingerprint density at radius 3 is 1.31 bits per heavy atom. The first-order valence-electron chi connectivity index (χ1n) is 19.6. The van der Waals surface area contributed by atoms with E-state index < -0.39 is 187 Å². The van der Waals surface area contributed by atoms with Gasteiger partial charge >= 0.3 is 60.4 Å². The van der Waals surface area contributed by atoms with E-state index in [1.54, 1.807) is 5.32 Å². The summed E-state index contributed by atoms with van der Waals surface area (Å²) < 4.78 is 341. The summed E-state index contributed by atoms with van der Waals surface area (Å²) in [4.78, 5) is 35.6. The van der Waals surface area contributed by atoms with Gasteiger partial charge in [-0.05, 0) is 75.4 Å². The maximum absolute atomic E-state index is 15.8. The topological polar surface area (TPSA) is 160 Å². The number of hydrogen-bond acceptors (Lipinski definition) is 10. The Labute approximate surface area is 391 Å². The minimum absolute atomic E-state index is 0.164. The fourth-order valence-electron chi connectivity index (χ4n) is 6.09. The summed E-state index contributed by atoms with van der Waals surface area (Å²) in [6, 6.07) is -2.00. The fraction of sp³-hybridized carbons (Fsp3) is 0.944. The van der Waals surface area contributed by atoms with Crippen molar-refractivity contribution < 1.29 is 139 Å². The van der Waals surface area contributed by atoms with Crippen molar-refractivity contribution in [2.24, 2.45) is 5.73 Å². The molecular weight excluding hydrogens is 1070 g/mol. The van der Waals surface area contributed by atoms with Crippen molar-refractivity contribution in [3.63, 3.8) is 0 Å². The number of carbonyl (C=O) groups is 2. The maximum atomic E-state index is 15.8. The third-order valence-corrected chi connectivity index (χ3v) is 11.9. The van der Waals surface area contributed by atoms with Crippen LogP contribution in [0.15, 0.2) is 0 Å². The van der Waals surface area contributed by atoms with E-state index in [0.717, 1.165) is 13.8 Å². The van der Waals surface area contributed by atoms with Gasteiger partial charge in [-0.25, -0.2) is 35.9 Å². The minimum Gasteiger partial charge on any atom is -0.446 e. The molecule has 424 valence electrons. The highest BCUT2D eigenvalue weighted by Crippen LogP contribution is 2.58. The van der Waals surface area contributed by atoms with Gasteiger partial charge in [0.2, 0.25) is 0 Å². The van der Waals surface area contributed by atoms with Gasteiger partial charge in [0.25, 0.3) is 11.3 Å². The molecule has 71 heavy (non-hydrogen) atoms. The van der Waals surface area contributed by atoms with Gasteiger partial charge in [0.05, 0.1) is 24.9 Å². The standard InChI is InChI=1S/C36H52F22N3O9P/c1-22(2,68-15-19(14-65-10)71(11)64)12-18(61-21(63)67-17-28(40,32(46,47)48)26(9,59)70-36(57,58)30(42,24(5,6)38)34(52,53)54)13-60-20(62)66-16-27(39,31(43,44)45)25(7,8)69-35(55,56)29(41,23(3,4)37)33(49,50)51/h18-19,64H,12-17,59H2,1-11H3,(H,60,62)(H,61,63). The molecule has 8 unspecified atom stereocenters. The minimum atomic E-state index is -7.01. The van der Waals surface area contributed by atoms with Crippen LogP contribution in [-0.2, 0) is 28.4 Å². The third kappa shape index (κ3) is 15.0.